The highest BCUT2D eigenvalue weighted by Gasteiger charge is 2.16. The van der Waals surface area contributed by atoms with Crippen LogP contribution >= 0.6 is 0 Å². The normalized spacial score (nSPS) is 14.0. The van der Waals surface area contributed by atoms with Crippen molar-refractivity contribution in [3.63, 3.8) is 0 Å². The molecule has 0 saturated heterocycles. The number of nitrogens with one attached hydrogen (secondary N) is 1. The Bertz CT molecular complexity index is 939. The minimum Gasteiger partial charge on any atom is -0.490 e. The summed E-state index contributed by atoms with van der Waals surface area (Å²) in [5.41, 5.74) is 0.656. The predicted octanol–water partition coefficient (Wildman–Crippen LogP) is 2.51. The third-order valence-corrected chi connectivity index (χ3v) is 4.92. The molecule has 6 nitrogen and oxygen atoms in total. The third-order valence-electron chi connectivity index (χ3n) is 3.56. The predicted molar refractivity (Wildman–Crippen MR) is 92.8 cm³/mol. The molecular weight excluding hydrogens is 361 g/mol. The summed E-state index contributed by atoms with van der Waals surface area (Å²) < 4.78 is 50.0. The lowest BCUT2D eigenvalue weighted by atomic mass is 10.2. The summed E-state index contributed by atoms with van der Waals surface area (Å²) in [6, 6.07) is 9.34. The van der Waals surface area contributed by atoms with Crippen LogP contribution in [-0.4, -0.2) is 27.5 Å². The molecule has 8 heteroatoms. The van der Waals surface area contributed by atoms with Gasteiger partial charge in [-0.2, -0.15) is 0 Å². The minimum absolute atomic E-state index is 0.198. The van der Waals surface area contributed by atoms with Gasteiger partial charge in [0.1, 0.15) is 5.82 Å². The van der Waals surface area contributed by atoms with Gasteiger partial charge in [0.05, 0.1) is 18.1 Å². The molecule has 1 N–H and O–H groups in total. The summed E-state index contributed by atoms with van der Waals surface area (Å²) in [5, 5.41) is 0. The molecule has 1 amide bonds. The molecule has 0 aliphatic carbocycles. The summed E-state index contributed by atoms with van der Waals surface area (Å²) in [7, 11) is -4.06. The van der Waals surface area contributed by atoms with E-state index in [2.05, 4.69) is 0 Å². The van der Waals surface area contributed by atoms with Crippen LogP contribution in [-0.2, 0) is 14.8 Å². The zero-order valence-electron chi connectivity index (χ0n) is 13.6. The zero-order chi connectivity index (χ0) is 18.6. The molecule has 1 heterocycles. The molecule has 26 heavy (non-hydrogen) atoms. The van der Waals surface area contributed by atoms with E-state index in [0.29, 0.717) is 30.3 Å². The average Bonchev–Trinajstić information content (AvgIpc) is 2.85. The van der Waals surface area contributed by atoms with E-state index in [0.717, 1.165) is 36.8 Å². The molecule has 0 bridgehead atoms. The molecule has 0 radical (unpaired) electrons. The molecule has 2 aromatic rings. The fourth-order valence-electron chi connectivity index (χ4n) is 2.29. The summed E-state index contributed by atoms with van der Waals surface area (Å²) in [6.45, 7) is 1.11. The van der Waals surface area contributed by atoms with Gasteiger partial charge in [0, 0.05) is 12.5 Å². The number of hydrogen-bond acceptors (Lipinski definition) is 5. The first kappa shape index (κ1) is 17.9. The topological polar surface area (TPSA) is 81.7 Å². The Kier molecular flexibility index (Phi) is 5.22. The van der Waals surface area contributed by atoms with Crippen molar-refractivity contribution in [3.05, 3.63) is 59.9 Å². The molecule has 0 atom stereocenters. The maximum Gasteiger partial charge on any atom is 0.264 e. The molecule has 0 saturated carbocycles. The smallest absolute Gasteiger partial charge is 0.264 e. The molecule has 0 aromatic heterocycles. The van der Waals surface area contributed by atoms with Gasteiger partial charge in [0.15, 0.2) is 11.5 Å². The molecular formula is C18H16FNO5S. The highest BCUT2D eigenvalue weighted by Crippen LogP contribution is 2.30. The third kappa shape index (κ3) is 4.40. The van der Waals surface area contributed by atoms with Crippen molar-refractivity contribution in [3.8, 4) is 11.5 Å². The number of halogens is 1. The van der Waals surface area contributed by atoms with Gasteiger partial charge in [-0.15, -0.1) is 0 Å². The molecule has 2 aromatic carbocycles. The van der Waals surface area contributed by atoms with Crippen LogP contribution in [0.1, 0.15) is 12.0 Å². The Morgan fingerprint density at radius 1 is 1.04 bits per heavy atom. The number of fused-ring (bicyclic) bond motifs is 1. The largest absolute Gasteiger partial charge is 0.490 e. The van der Waals surface area contributed by atoms with Crippen LogP contribution in [0.4, 0.5) is 4.39 Å². The number of carbonyl (C=O) groups is 1. The minimum atomic E-state index is -4.06. The van der Waals surface area contributed by atoms with Crippen molar-refractivity contribution in [1.29, 1.82) is 0 Å². The van der Waals surface area contributed by atoms with Gasteiger partial charge < -0.3 is 9.47 Å². The van der Waals surface area contributed by atoms with Gasteiger partial charge in [-0.1, -0.05) is 6.07 Å². The van der Waals surface area contributed by atoms with Crippen molar-refractivity contribution >= 4 is 22.0 Å². The number of amides is 1. The van der Waals surface area contributed by atoms with Gasteiger partial charge in [-0.25, -0.2) is 17.5 Å². The molecule has 136 valence electrons. The quantitative estimate of drug-likeness (QED) is 0.828. The second-order valence-corrected chi connectivity index (χ2v) is 7.20. The monoisotopic (exact) mass is 377 g/mol. The molecule has 0 unspecified atom stereocenters. The Balaban J connectivity index is 1.69. The van der Waals surface area contributed by atoms with E-state index < -0.39 is 21.7 Å². The van der Waals surface area contributed by atoms with Crippen LogP contribution in [0.15, 0.2) is 53.4 Å². The van der Waals surface area contributed by atoms with E-state index in [4.69, 9.17) is 9.47 Å². The maximum atomic E-state index is 12.9. The van der Waals surface area contributed by atoms with Gasteiger partial charge in [0.25, 0.3) is 15.9 Å². The van der Waals surface area contributed by atoms with Crippen molar-refractivity contribution in [2.75, 3.05) is 13.2 Å². The van der Waals surface area contributed by atoms with Crippen molar-refractivity contribution in [2.45, 2.75) is 11.3 Å². The van der Waals surface area contributed by atoms with E-state index in [1.165, 1.54) is 6.08 Å². The SMILES string of the molecule is O=C(/C=C/c1ccc2c(c1)OCCCO2)NS(=O)(=O)c1ccc(F)cc1. The molecule has 0 fully saturated rings. The fourth-order valence-corrected chi connectivity index (χ4v) is 3.24. The number of benzene rings is 2. The molecule has 1 aliphatic rings. The lowest BCUT2D eigenvalue weighted by molar-refractivity contribution is -0.114. The fraction of sp³-hybridized carbons (Fsp3) is 0.167. The standard InChI is InChI=1S/C18H16FNO5S/c19-14-4-6-15(7-5-14)26(22,23)20-18(21)9-3-13-2-8-16-17(12-13)25-11-1-10-24-16/h2-9,12H,1,10-11H2,(H,20,21)/b9-3+. The van der Waals surface area contributed by atoms with Crippen LogP contribution in [0.25, 0.3) is 6.08 Å². The first-order valence-corrected chi connectivity index (χ1v) is 9.32. The van der Waals surface area contributed by atoms with Crippen molar-refractivity contribution < 1.29 is 27.1 Å². The Hall–Kier alpha value is -2.87. The summed E-state index contributed by atoms with van der Waals surface area (Å²) >= 11 is 0. The number of rotatable bonds is 4. The summed E-state index contributed by atoms with van der Waals surface area (Å²) in [5.74, 6) is -0.182. The Morgan fingerprint density at radius 3 is 2.46 bits per heavy atom. The highest BCUT2D eigenvalue weighted by atomic mass is 32.2. The molecule has 3 rings (SSSR count). The van der Waals surface area contributed by atoms with Gasteiger partial charge in [-0.3, -0.25) is 4.79 Å². The average molecular weight is 377 g/mol. The van der Waals surface area contributed by atoms with Crippen LogP contribution in [0, 0.1) is 5.82 Å². The van der Waals surface area contributed by atoms with E-state index >= 15 is 0 Å². The van der Waals surface area contributed by atoms with Crippen molar-refractivity contribution in [2.24, 2.45) is 0 Å². The highest BCUT2D eigenvalue weighted by molar-refractivity contribution is 7.90. The first-order valence-electron chi connectivity index (χ1n) is 7.84. The van der Waals surface area contributed by atoms with Gasteiger partial charge in [-0.05, 0) is 48.0 Å². The number of ether oxygens (including phenoxy) is 2. The number of carbonyl (C=O) groups excluding carboxylic acids is 1. The Labute approximate surface area is 150 Å². The second-order valence-electron chi connectivity index (χ2n) is 5.51. The van der Waals surface area contributed by atoms with E-state index in [9.17, 15) is 17.6 Å². The second kappa shape index (κ2) is 7.57. The zero-order valence-corrected chi connectivity index (χ0v) is 14.5. The van der Waals surface area contributed by atoms with Crippen LogP contribution < -0.4 is 14.2 Å². The lowest BCUT2D eigenvalue weighted by Gasteiger charge is -2.07. The van der Waals surface area contributed by atoms with Crippen LogP contribution in [0.3, 0.4) is 0 Å². The first-order chi connectivity index (χ1) is 12.4. The van der Waals surface area contributed by atoms with Crippen LogP contribution in [0.5, 0.6) is 11.5 Å². The van der Waals surface area contributed by atoms with Gasteiger partial charge >= 0.3 is 0 Å². The van der Waals surface area contributed by atoms with Crippen LogP contribution in [0.2, 0.25) is 0 Å². The lowest BCUT2D eigenvalue weighted by Crippen LogP contribution is -2.28. The maximum absolute atomic E-state index is 12.9. The molecule has 0 spiro atoms. The molecule has 1 aliphatic heterocycles. The summed E-state index contributed by atoms with van der Waals surface area (Å²) in [4.78, 5) is 11.7. The van der Waals surface area contributed by atoms with E-state index in [-0.39, 0.29) is 4.90 Å². The van der Waals surface area contributed by atoms with Crippen molar-refractivity contribution in [1.82, 2.24) is 4.72 Å². The van der Waals surface area contributed by atoms with E-state index in [1.807, 2.05) is 4.72 Å². The Morgan fingerprint density at radius 2 is 1.73 bits per heavy atom. The number of sulfonamides is 1. The number of hydrogen-bond donors (Lipinski definition) is 1. The van der Waals surface area contributed by atoms with Gasteiger partial charge in [0.2, 0.25) is 0 Å². The summed E-state index contributed by atoms with van der Waals surface area (Å²) in [6.07, 6.45) is 3.34. The van der Waals surface area contributed by atoms with E-state index in [1.54, 1.807) is 18.2 Å².